The van der Waals surface area contributed by atoms with Crippen molar-refractivity contribution in [3.63, 3.8) is 0 Å². The Kier molecular flexibility index (Phi) is 4.18. The van der Waals surface area contributed by atoms with Crippen molar-refractivity contribution in [3.8, 4) is 0 Å². The van der Waals surface area contributed by atoms with Crippen molar-refractivity contribution in [1.82, 2.24) is 0 Å². The van der Waals surface area contributed by atoms with E-state index >= 15 is 0 Å². The molecule has 0 aromatic heterocycles. The molecule has 0 saturated carbocycles. The molecule has 0 fully saturated rings. The summed E-state index contributed by atoms with van der Waals surface area (Å²) in [6.07, 6.45) is 2.84. The van der Waals surface area contributed by atoms with Crippen LogP contribution in [0.25, 0.3) is 0 Å². The van der Waals surface area contributed by atoms with E-state index in [1.54, 1.807) is 0 Å². The van der Waals surface area contributed by atoms with Gasteiger partial charge < -0.3 is 5.11 Å². The van der Waals surface area contributed by atoms with Crippen molar-refractivity contribution in [2.24, 2.45) is 5.41 Å². The van der Waals surface area contributed by atoms with Crippen LogP contribution in [0, 0.1) is 5.41 Å². The van der Waals surface area contributed by atoms with E-state index in [0.717, 1.165) is 18.4 Å². The van der Waals surface area contributed by atoms with Gasteiger partial charge in [0, 0.05) is 0 Å². The molecule has 0 heterocycles. The van der Waals surface area contributed by atoms with Crippen LogP contribution in [-0.2, 0) is 0 Å². The summed E-state index contributed by atoms with van der Waals surface area (Å²) in [7, 11) is 0. The highest BCUT2D eigenvalue weighted by Crippen LogP contribution is 2.35. The SMILES string of the molecule is C=C(CCC)CC(C)(O)C(C)(C)C. The van der Waals surface area contributed by atoms with Crippen LogP contribution in [0.15, 0.2) is 12.2 Å². The predicted octanol–water partition coefficient (Wildman–Crippen LogP) is 3.53. The zero-order valence-corrected chi connectivity index (χ0v) is 9.78. The maximum absolute atomic E-state index is 10.2. The first-order valence-corrected chi connectivity index (χ1v) is 5.09. The standard InChI is InChI=1S/C12H24O/c1-7-8-10(2)9-12(6,13)11(3,4)5/h13H,2,7-9H2,1,3-6H3. The highest BCUT2D eigenvalue weighted by Gasteiger charge is 2.35. The van der Waals surface area contributed by atoms with Gasteiger partial charge in [-0.1, -0.05) is 46.3 Å². The maximum atomic E-state index is 10.2. The third kappa shape index (κ3) is 3.95. The largest absolute Gasteiger partial charge is 0.389 e. The van der Waals surface area contributed by atoms with Crippen LogP contribution in [0.4, 0.5) is 0 Å². The summed E-state index contributed by atoms with van der Waals surface area (Å²) in [4.78, 5) is 0. The number of aliphatic hydroxyl groups is 1. The zero-order valence-electron chi connectivity index (χ0n) is 9.78. The van der Waals surface area contributed by atoms with Gasteiger partial charge in [0.25, 0.3) is 0 Å². The van der Waals surface area contributed by atoms with Crippen molar-refractivity contribution >= 4 is 0 Å². The molecule has 1 N–H and O–H groups in total. The third-order valence-electron chi connectivity index (χ3n) is 2.81. The number of hydrogen-bond donors (Lipinski definition) is 1. The minimum Gasteiger partial charge on any atom is -0.389 e. The van der Waals surface area contributed by atoms with E-state index in [1.807, 2.05) is 6.92 Å². The zero-order chi connectivity index (χ0) is 10.7. The Morgan fingerprint density at radius 3 is 2.00 bits per heavy atom. The lowest BCUT2D eigenvalue weighted by atomic mass is 9.74. The van der Waals surface area contributed by atoms with Gasteiger partial charge in [-0.15, -0.1) is 0 Å². The van der Waals surface area contributed by atoms with Crippen molar-refractivity contribution < 1.29 is 5.11 Å². The molecular formula is C12H24O. The molecule has 0 amide bonds. The molecule has 0 aliphatic rings. The van der Waals surface area contributed by atoms with E-state index in [4.69, 9.17) is 0 Å². The molecule has 0 radical (unpaired) electrons. The Balaban J connectivity index is 4.26. The van der Waals surface area contributed by atoms with E-state index in [2.05, 4.69) is 34.3 Å². The summed E-state index contributed by atoms with van der Waals surface area (Å²) >= 11 is 0. The van der Waals surface area contributed by atoms with Crippen LogP contribution < -0.4 is 0 Å². The average Bonchev–Trinajstić information content (AvgIpc) is 1.83. The van der Waals surface area contributed by atoms with Crippen LogP contribution in [0.1, 0.15) is 53.9 Å². The summed E-state index contributed by atoms with van der Waals surface area (Å²) in [6.45, 7) is 14.2. The van der Waals surface area contributed by atoms with E-state index in [0.29, 0.717) is 6.42 Å². The van der Waals surface area contributed by atoms with Gasteiger partial charge in [-0.3, -0.25) is 0 Å². The van der Waals surface area contributed by atoms with Gasteiger partial charge in [-0.25, -0.2) is 0 Å². The summed E-state index contributed by atoms with van der Waals surface area (Å²) < 4.78 is 0. The second kappa shape index (κ2) is 4.28. The Morgan fingerprint density at radius 1 is 1.23 bits per heavy atom. The molecule has 1 atom stereocenters. The van der Waals surface area contributed by atoms with E-state index < -0.39 is 5.60 Å². The molecule has 13 heavy (non-hydrogen) atoms. The van der Waals surface area contributed by atoms with Gasteiger partial charge in [-0.2, -0.15) is 0 Å². The molecule has 1 unspecified atom stereocenters. The Hall–Kier alpha value is -0.300. The lowest BCUT2D eigenvalue weighted by Crippen LogP contribution is -2.39. The first kappa shape index (κ1) is 12.7. The second-order valence-corrected chi connectivity index (χ2v) is 5.20. The van der Waals surface area contributed by atoms with Crippen molar-refractivity contribution in [3.05, 3.63) is 12.2 Å². The van der Waals surface area contributed by atoms with Crippen LogP contribution in [0.5, 0.6) is 0 Å². The van der Waals surface area contributed by atoms with Gasteiger partial charge in [0.15, 0.2) is 0 Å². The second-order valence-electron chi connectivity index (χ2n) is 5.20. The van der Waals surface area contributed by atoms with Crippen LogP contribution >= 0.6 is 0 Å². The fourth-order valence-corrected chi connectivity index (χ4v) is 1.19. The van der Waals surface area contributed by atoms with Gasteiger partial charge in [-0.05, 0) is 25.2 Å². The van der Waals surface area contributed by atoms with E-state index in [1.165, 1.54) is 0 Å². The summed E-state index contributed by atoms with van der Waals surface area (Å²) in [5.41, 5.74) is 0.436. The lowest BCUT2D eigenvalue weighted by Gasteiger charge is -2.37. The van der Waals surface area contributed by atoms with E-state index in [-0.39, 0.29) is 5.41 Å². The Labute approximate surface area is 82.9 Å². The first-order chi connectivity index (χ1) is 5.70. The van der Waals surface area contributed by atoms with Gasteiger partial charge in [0.2, 0.25) is 0 Å². The molecule has 0 bridgehead atoms. The smallest absolute Gasteiger partial charge is 0.0704 e. The Morgan fingerprint density at radius 2 is 1.69 bits per heavy atom. The minimum atomic E-state index is -0.640. The molecule has 0 aliphatic carbocycles. The Bertz CT molecular complexity index is 172. The van der Waals surface area contributed by atoms with Gasteiger partial charge in [0.05, 0.1) is 5.60 Å². The van der Waals surface area contributed by atoms with Crippen LogP contribution in [0.2, 0.25) is 0 Å². The molecule has 0 saturated heterocycles. The summed E-state index contributed by atoms with van der Waals surface area (Å²) in [5, 5.41) is 10.2. The fourth-order valence-electron chi connectivity index (χ4n) is 1.19. The van der Waals surface area contributed by atoms with Crippen molar-refractivity contribution in [2.75, 3.05) is 0 Å². The minimum absolute atomic E-state index is 0.0797. The fraction of sp³-hybridized carbons (Fsp3) is 0.833. The number of rotatable bonds is 4. The summed E-state index contributed by atoms with van der Waals surface area (Å²) in [6, 6.07) is 0. The average molecular weight is 184 g/mol. The van der Waals surface area contributed by atoms with Crippen molar-refractivity contribution in [1.29, 1.82) is 0 Å². The maximum Gasteiger partial charge on any atom is 0.0704 e. The van der Waals surface area contributed by atoms with Crippen LogP contribution in [0.3, 0.4) is 0 Å². The van der Waals surface area contributed by atoms with Crippen molar-refractivity contribution in [2.45, 2.75) is 59.5 Å². The molecule has 78 valence electrons. The molecule has 0 aromatic carbocycles. The molecule has 1 nitrogen and oxygen atoms in total. The molecule has 0 aromatic rings. The molecular weight excluding hydrogens is 160 g/mol. The monoisotopic (exact) mass is 184 g/mol. The molecule has 0 spiro atoms. The van der Waals surface area contributed by atoms with Gasteiger partial charge in [0.1, 0.15) is 0 Å². The van der Waals surface area contributed by atoms with Crippen LogP contribution in [-0.4, -0.2) is 10.7 Å². The first-order valence-electron chi connectivity index (χ1n) is 5.09. The normalized spacial score (nSPS) is 16.8. The summed E-state index contributed by atoms with van der Waals surface area (Å²) in [5.74, 6) is 0. The van der Waals surface area contributed by atoms with E-state index in [9.17, 15) is 5.11 Å². The quantitative estimate of drug-likeness (QED) is 0.663. The van der Waals surface area contributed by atoms with Gasteiger partial charge >= 0.3 is 0 Å². The highest BCUT2D eigenvalue weighted by molar-refractivity contribution is 5.03. The number of hydrogen-bond acceptors (Lipinski definition) is 1. The lowest BCUT2D eigenvalue weighted by molar-refractivity contribution is -0.0409. The predicted molar refractivity (Wildman–Crippen MR) is 58.7 cm³/mol. The topological polar surface area (TPSA) is 20.2 Å². The third-order valence-corrected chi connectivity index (χ3v) is 2.81. The highest BCUT2D eigenvalue weighted by atomic mass is 16.3. The molecule has 1 heteroatoms. The molecule has 0 aliphatic heterocycles. The molecule has 0 rings (SSSR count).